The molecule has 4 nitrogen and oxygen atoms in total. The van der Waals surface area contributed by atoms with Crippen LogP contribution in [0.3, 0.4) is 0 Å². The SMILES string of the molecule is COc1ccc(N)cc1NC(=O)C1(C)CCCCC1. The Morgan fingerprint density at radius 2 is 2.00 bits per heavy atom. The van der Waals surface area contributed by atoms with Crippen LogP contribution >= 0.6 is 0 Å². The van der Waals surface area contributed by atoms with Gasteiger partial charge in [0, 0.05) is 11.1 Å². The van der Waals surface area contributed by atoms with Gasteiger partial charge in [0.2, 0.25) is 5.91 Å². The first kappa shape index (κ1) is 13.7. The number of nitrogens with two attached hydrogens (primary N) is 1. The molecular weight excluding hydrogens is 240 g/mol. The molecule has 1 saturated carbocycles. The first-order valence-corrected chi connectivity index (χ1v) is 6.80. The summed E-state index contributed by atoms with van der Waals surface area (Å²) in [7, 11) is 1.59. The maximum atomic E-state index is 12.5. The van der Waals surface area contributed by atoms with E-state index in [4.69, 9.17) is 10.5 Å². The lowest BCUT2D eigenvalue weighted by Crippen LogP contribution is -2.35. The molecule has 0 aliphatic heterocycles. The van der Waals surface area contributed by atoms with E-state index in [-0.39, 0.29) is 11.3 Å². The maximum Gasteiger partial charge on any atom is 0.230 e. The van der Waals surface area contributed by atoms with Gasteiger partial charge in [-0.15, -0.1) is 0 Å². The molecule has 0 unspecified atom stereocenters. The molecule has 0 bridgehead atoms. The first-order valence-electron chi connectivity index (χ1n) is 6.80. The van der Waals surface area contributed by atoms with E-state index in [0.717, 1.165) is 25.7 Å². The number of hydrogen-bond acceptors (Lipinski definition) is 3. The number of methoxy groups -OCH3 is 1. The van der Waals surface area contributed by atoms with Crippen LogP contribution in [0.25, 0.3) is 0 Å². The second-order valence-electron chi connectivity index (χ2n) is 5.54. The summed E-state index contributed by atoms with van der Waals surface area (Å²) >= 11 is 0. The lowest BCUT2D eigenvalue weighted by atomic mass is 9.75. The molecule has 0 aromatic heterocycles. The van der Waals surface area contributed by atoms with Crippen molar-refractivity contribution >= 4 is 17.3 Å². The number of benzene rings is 1. The summed E-state index contributed by atoms with van der Waals surface area (Å²) < 4.78 is 5.25. The van der Waals surface area contributed by atoms with E-state index >= 15 is 0 Å². The van der Waals surface area contributed by atoms with Crippen LogP contribution < -0.4 is 15.8 Å². The summed E-state index contributed by atoms with van der Waals surface area (Å²) in [5.74, 6) is 0.707. The third kappa shape index (κ3) is 3.00. The van der Waals surface area contributed by atoms with Crippen LogP contribution in [0.2, 0.25) is 0 Å². The van der Waals surface area contributed by atoms with Crippen molar-refractivity contribution in [2.24, 2.45) is 5.41 Å². The molecule has 104 valence electrons. The number of anilines is 2. The quantitative estimate of drug-likeness (QED) is 0.822. The van der Waals surface area contributed by atoms with E-state index in [1.165, 1.54) is 6.42 Å². The third-order valence-corrected chi connectivity index (χ3v) is 3.98. The normalized spacial score (nSPS) is 17.8. The summed E-state index contributed by atoms with van der Waals surface area (Å²) in [5.41, 5.74) is 6.76. The fraction of sp³-hybridized carbons (Fsp3) is 0.533. The van der Waals surface area contributed by atoms with Gasteiger partial charge < -0.3 is 15.8 Å². The fourth-order valence-electron chi connectivity index (χ4n) is 2.66. The van der Waals surface area contributed by atoms with Crippen LogP contribution in [0, 0.1) is 5.41 Å². The molecule has 1 fully saturated rings. The zero-order valence-electron chi connectivity index (χ0n) is 11.7. The summed E-state index contributed by atoms with van der Waals surface area (Å²) in [6.45, 7) is 2.04. The molecule has 19 heavy (non-hydrogen) atoms. The van der Waals surface area contributed by atoms with Crippen molar-refractivity contribution in [1.82, 2.24) is 0 Å². The van der Waals surface area contributed by atoms with Gasteiger partial charge in [0.15, 0.2) is 0 Å². The van der Waals surface area contributed by atoms with Crippen molar-refractivity contribution < 1.29 is 9.53 Å². The lowest BCUT2D eigenvalue weighted by Gasteiger charge is -2.32. The van der Waals surface area contributed by atoms with Gasteiger partial charge in [0.05, 0.1) is 12.8 Å². The van der Waals surface area contributed by atoms with E-state index < -0.39 is 0 Å². The molecule has 0 saturated heterocycles. The van der Waals surface area contributed by atoms with Gasteiger partial charge >= 0.3 is 0 Å². The predicted molar refractivity (Wildman–Crippen MR) is 77.2 cm³/mol. The van der Waals surface area contributed by atoms with Crippen molar-refractivity contribution in [3.63, 3.8) is 0 Å². The highest BCUT2D eigenvalue weighted by atomic mass is 16.5. The number of amides is 1. The second-order valence-corrected chi connectivity index (χ2v) is 5.54. The molecule has 0 spiro atoms. The molecule has 2 rings (SSSR count). The van der Waals surface area contributed by atoms with Gasteiger partial charge in [0.1, 0.15) is 5.75 Å². The largest absolute Gasteiger partial charge is 0.495 e. The minimum Gasteiger partial charge on any atom is -0.495 e. The van der Waals surface area contributed by atoms with Crippen molar-refractivity contribution in [3.8, 4) is 5.75 Å². The predicted octanol–water partition coefficient (Wildman–Crippen LogP) is 3.19. The number of nitrogen functional groups attached to an aromatic ring is 1. The van der Waals surface area contributed by atoms with Gasteiger partial charge in [-0.2, -0.15) is 0 Å². The Kier molecular flexibility index (Phi) is 3.98. The molecule has 1 amide bonds. The molecule has 1 aromatic rings. The Labute approximate surface area is 114 Å². The Morgan fingerprint density at radius 3 is 2.63 bits per heavy atom. The van der Waals surface area contributed by atoms with Crippen LogP contribution in [0.15, 0.2) is 18.2 Å². The minimum atomic E-state index is -0.270. The van der Waals surface area contributed by atoms with Crippen molar-refractivity contribution in [2.45, 2.75) is 39.0 Å². The Bertz CT molecular complexity index is 465. The first-order chi connectivity index (χ1) is 9.05. The van der Waals surface area contributed by atoms with Gasteiger partial charge in [-0.1, -0.05) is 26.2 Å². The monoisotopic (exact) mass is 262 g/mol. The smallest absolute Gasteiger partial charge is 0.230 e. The molecule has 3 N–H and O–H groups in total. The summed E-state index contributed by atoms with van der Waals surface area (Å²) in [6.07, 6.45) is 5.37. The second kappa shape index (κ2) is 5.51. The number of carbonyl (C=O) groups is 1. The molecule has 4 heteroatoms. The number of ether oxygens (including phenoxy) is 1. The maximum absolute atomic E-state index is 12.5. The lowest BCUT2D eigenvalue weighted by molar-refractivity contribution is -0.126. The minimum absolute atomic E-state index is 0.0658. The fourth-order valence-corrected chi connectivity index (χ4v) is 2.66. The van der Waals surface area contributed by atoms with E-state index in [1.54, 1.807) is 25.3 Å². The molecule has 1 aliphatic rings. The Morgan fingerprint density at radius 1 is 1.32 bits per heavy atom. The number of nitrogens with one attached hydrogen (secondary N) is 1. The Balaban J connectivity index is 2.16. The zero-order chi connectivity index (χ0) is 13.9. The Hall–Kier alpha value is -1.71. The van der Waals surface area contributed by atoms with E-state index in [2.05, 4.69) is 5.32 Å². The van der Waals surface area contributed by atoms with Crippen LogP contribution in [0.5, 0.6) is 5.75 Å². The van der Waals surface area contributed by atoms with E-state index in [9.17, 15) is 4.79 Å². The van der Waals surface area contributed by atoms with Gasteiger partial charge in [-0.05, 0) is 31.0 Å². The molecule has 0 atom stereocenters. The van der Waals surface area contributed by atoms with Gasteiger partial charge in [-0.3, -0.25) is 4.79 Å². The van der Waals surface area contributed by atoms with Crippen LogP contribution in [-0.4, -0.2) is 13.0 Å². The number of rotatable bonds is 3. The van der Waals surface area contributed by atoms with Crippen LogP contribution in [0.4, 0.5) is 11.4 Å². The molecule has 1 aliphatic carbocycles. The number of hydrogen-bond donors (Lipinski definition) is 2. The molecular formula is C15H22N2O2. The standard InChI is InChI=1S/C15H22N2O2/c1-15(8-4-3-5-9-15)14(18)17-12-10-11(16)6-7-13(12)19-2/h6-7,10H,3-5,8-9,16H2,1-2H3,(H,17,18). The summed E-state index contributed by atoms with van der Waals surface area (Å²) in [4.78, 5) is 12.5. The van der Waals surface area contributed by atoms with Crippen molar-refractivity contribution in [1.29, 1.82) is 0 Å². The van der Waals surface area contributed by atoms with E-state index in [0.29, 0.717) is 17.1 Å². The van der Waals surface area contributed by atoms with Crippen LogP contribution in [0.1, 0.15) is 39.0 Å². The summed E-state index contributed by atoms with van der Waals surface area (Å²) in [6, 6.07) is 5.27. The number of carbonyl (C=O) groups excluding carboxylic acids is 1. The summed E-state index contributed by atoms with van der Waals surface area (Å²) in [5, 5.41) is 2.97. The molecule has 1 aromatic carbocycles. The van der Waals surface area contributed by atoms with Gasteiger partial charge in [-0.25, -0.2) is 0 Å². The van der Waals surface area contributed by atoms with Gasteiger partial charge in [0.25, 0.3) is 0 Å². The van der Waals surface area contributed by atoms with Crippen molar-refractivity contribution in [3.05, 3.63) is 18.2 Å². The molecule has 0 heterocycles. The van der Waals surface area contributed by atoms with Crippen LogP contribution in [-0.2, 0) is 4.79 Å². The third-order valence-electron chi connectivity index (χ3n) is 3.98. The highest BCUT2D eigenvalue weighted by molar-refractivity contribution is 5.96. The highest BCUT2D eigenvalue weighted by Gasteiger charge is 2.34. The van der Waals surface area contributed by atoms with Crippen molar-refractivity contribution in [2.75, 3.05) is 18.2 Å². The average Bonchev–Trinajstić information content (AvgIpc) is 2.40. The zero-order valence-corrected chi connectivity index (χ0v) is 11.7. The van der Waals surface area contributed by atoms with E-state index in [1.807, 2.05) is 6.92 Å². The molecule has 0 radical (unpaired) electrons. The highest BCUT2D eigenvalue weighted by Crippen LogP contribution is 2.37. The average molecular weight is 262 g/mol. The topological polar surface area (TPSA) is 64.3 Å².